The molecule has 2 aliphatic rings. The van der Waals surface area contributed by atoms with Gasteiger partial charge in [0.15, 0.2) is 37.9 Å². The van der Waals surface area contributed by atoms with Gasteiger partial charge < -0.3 is 28.4 Å². The number of likely N-dealkylation sites (tertiary alicyclic amines) is 2. The largest absolute Gasteiger partial charge is 0.378 e. The normalized spacial score (nSPS) is 18.3. The number of nitrogens with zero attached hydrogens (tertiary/aromatic N) is 4. The zero-order valence-electron chi connectivity index (χ0n) is 29.3. The average molecular weight is 716 g/mol. The fourth-order valence-corrected chi connectivity index (χ4v) is 6.17. The fourth-order valence-electron chi connectivity index (χ4n) is 5.95. The van der Waals surface area contributed by atoms with E-state index >= 15 is 0 Å². The van der Waals surface area contributed by atoms with Crippen molar-refractivity contribution in [2.75, 3.05) is 118 Å². The molecule has 2 fully saturated rings. The van der Waals surface area contributed by atoms with Gasteiger partial charge in [-0.15, -0.1) is 23.2 Å². The van der Waals surface area contributed by atoms with E-state index in [0.29, 0.717) is 103 Å². The highest BCUT2D eigenvalue weighted by Crippen LogP contribution is 2.30. The first-order valence-corrected chi connectivity index (χ1v) is 18.7. The lowest BCUT2D eigenvalue weighted by Gasteiger charge is -2.18. The Balaban J connectivity index is 0.000000408. The third kappa shape index (κ3) is 17.0. The maximum absolute atomic E-state index is 5.77. The van der Waals surface area contributed by atoms with Crippen LogP contribution in [0, 0.1) is 0 Å². The minimum absolute atomic E-state index is 0.527. The molecule has 0 aromatic carbocycles. The molecule has 10 nitrogen and oxygen atoms in total. The minimum Gasteiger partial charge on any atom is -0.378 e. The van der Waals surface area contributed by atoms with E-state index in [9.17, 15) is 0 Å². The van der Waals surface area contributed by atoms with Crippen molar-refractivity contribution in [3.8, 4) is 0 Å². The van der Waals surface area contributed by atoms with E-state index in [-0.39, 0.29) is 0 Å². The lowest BCUT2D eigenvalue weighted by Crippen LogP contribution is -2.36. The third-order valence-corrected chi connectivity index (χ3v) is 8.80. The molecule has 2 aromatic rings. The number of ether oxygens (including phenoxy) is 6. The molecule has 2 aromatic heterocycles. The lowest BCUT2D eigenvalue weighted by atomic mass is 10.1. The predicted molar refractivity (Wildman–Crippen MR) is 189 cm³/mol. The maximum atomic E-state index is 5.77. The summed E-state index contributed by atoms with van der Waals surface area (Å²) in [6, 6.07) is 9.89. The number of hydrogen-bond donors (Lipinski definition) is 0. The zero-order valence-corrected chi connectivity index (χ0v) is 30.8. The third-order valence-electron chi connectivity index (χ3n) is 8.49. The van der Waals surface area contributed by atoms with Gasteiger partial charge in [0.25, 0.3) is 0 Å². The van der Waals surface area contributed by atoms with Crippen molar-refractivity contribution in [2.24, 2.45) is 0 Å². The summed E-state index contributed by atoms with van der Waals surface area (Å²) in [4.78, 5) is 4.90. The summed E-state index contributed by atoms with van der Waals surface area (Å²) in [6.45, 7) is 11.4. The van der Waals surface area contributed by atoms with Gasteiger partial charge in [-0.25, -0.2) is 9.13 Å². The monoisotopic (exact) mass is 714 g/mol. The van der Waals surface area contributed by atoms with Gasteiger partial charge in [-0.1, -0.05) is 0 Å². The van der Waals surface area contributed by atoms with E-state index < -0.39 is 0 Å². The molecule has 2 saturated heterocycles. The Kier molecular flexibility index (Phi) is 22.5. The highest BCUT2D eigenvalue weighted by Gasteiger charge is 2.25. The van der Waals surface area contributed by atoms with Crippen LogP contribution in [0.3, 0.4) is 0 Å². The average Bonchev–Trinajstić information content (AvgIpc) is 3.74. The lowest BCUT2D eigenvalue weighted by molar-refractivity contribution is -0.699. The van der Waals surface area contributed by atoms with Crippen molar-refractivity contribution in [3.63, 3.8) is 0 Å². The Morgan fingerprint density at radius 2 is 0.917 bits per heavy atom. The van der Waals surface area contributed by atoms with Crippen LogP contribution in [0.25, 0.3) is 0 Å². The molecule has 12 heteroatoms. The van der Waals surface area contributed by atoms with Crippen LogP contribution < -0.4 is 9.13 Å². The zero-order chi connectivity index (χ0) is 34.1. The predicted octanol–water partition coefficient (Wildman–Crippen LogP) is 4.06. The first-order valence-electron chi connectivity index (χ1n) is 17.6. The van der Waals surface area contributed by atoms with Crippen molar-refractivity contribution in [2.45, 2.75) is 50.9 Å². The molecule has 4 rings (SSSR count). The Morgan fingerprint density at radius 3 is 1.25 bits per heavy atom. The standard InChI is InChI=1S/C28H44N4O3.C8H16Cl2O3/c1-29-11-5-9-27(29)25-7-3-13-31(23-25)15-17-33-19-21-35-22-20-34-18-16-32-14-4-8-26(24-32)28-10-6-12-30(28)2;9-1-3-11-5-7-13-8-6-12-4-2-10/h3-4,7-8,13-14,23-24,27-28H,5-6,9-12,15-22H2,1-2H3;1-8H2/q+2;/t27-,28-;/m0./s1. The fraction of sp³-hybridized carbons (Fsp3) is 0.722. The molecule has 0 spiro atoms. The van der Waals surface area contributed by atoms with Crippen molar-refractivity contribution in [1.29, 1.82) is 0 Å². The van der Waals surface area contributed by atoms with Gasteiger partial charge in [-0.3, -0.25) is 9.80 Å². The summed E-state index contributed by atoms with van der Waals surface area (Å²) in [7, 11) is 4.44. The molecule has 48 heavy (non-hydrogen) atoms. The highest BCUT2D eigenvalue weighted by atomic mass is 35.5. The van der Waals surface area contributed by atoms with Crippen LogP contribution in [0.1, 0.15) is 48.9 Å². The molecule has 0 bridgehead atoms. The van der Waals surface area contributed by atoms with Crippen LogP contribution in [0.15, 0.2) is 49.1 Å². The minimum atomic E-state index is 0.527. The molecule has 0 aliphatic carbocycles. The van der Waals surface area contributed by atoms with Crippen LogP contribution in [0.5, 0.6) is 0 Å². The van der Waals surface area contributed by atoms with E-state index in [1.165, 1.54) is 49.9 Å². The Morgan fingerprint density at radius 1 is 0.562 bits per heavy atom. The Bertz CT molecular complexity index is 1010. The number of pyridine rings is 2. The molecule has 272 valence electrons. The SMILES string of the molecule is CN1CCC[C@H]1c1ccc[n+](CCOCCOCCOCC[n+]2cccc([C@@H]3CCCN3C)c2)c1.ClCCOCCOCCOCCCl. The van der Waals surface area contributed by atoms with Gasteiger partial charge in [-0.2, -0.15) is 0 Å². The Hall–Kier alpha value is -1.44. The second-order valence-corrected chi connectivity index (χ2v) is 12.8. The molecule has 0 amide bonds. The first kappa shape index (κ1) is 41.0. The van der Waals surface area contributed by atoms with Gasteiger partial charge in [0.2, 0.25) is 0 Å². The summed E-state index contributed by atoms with van der Waals surface area (Å²) >= 11 is 10.8. The van der Waals surface area contributed by atoms with Gasteiger partial charge in [0.1, 0.15) is 13.2 Å². The summed E-state index contributed by atoms with van der Waals surface area (Å²) in [6.07, 6.45) is 13.9. The van der Waals surface area contributed by atoms with Crippen LogP contribution in [-0.2, 0) is 41.5 Å². The number of aromatic nitrogens is 2. The first-order chi connectivity index (χ1) is 23.6. The maximum Gasteiger partial charge on any atom is 0.173 e. The molecule has 4 heterocycles. The van der Waals surface area contributed by atoms with Crippen LogP contribution in [-0.4, -0.2) is 128 Å². The van der Waals surface area contributed by atoms with Crippen molar-refractivity contribution >= 4 is 23.2 Å². The van der Waals surface area contributed by atoms with Crippen molar-refractivity contribution < 1.29 is 37.6 Å². The van der Waals surface area contributed by atoms with E-state index in [1.807, 2.05) is 0 Å². The van der Waals surface area contributed by atoms with Gasteiger partial charge >= 0.3 is 0 Å². The number of halogens is 2. The van der Waals surface area contributed by atoms with Crippen LogP contribution in [0.4, 0.5) is 0 Å². The number of alkyl halides is 2. The summed E-state index contributed by atoms with van der Waals surface area (Å²) in [5.41, 5.74) is 2.81. The molecular weight excluding hydrogens is 655 g/mol. The molecule has 0 N–H and O–H groups in total. The smallest absolute Gasteiger partial charge is 0.173 e. The second-order valence-electron chi connectivity index (χ2n) is 12.1. The summed E-state index contributed by atoms with van der Waals surface area (Å²) in [5, 5.41) is 0. The van der Waals surface area contributed by atoms with Crippen molar-refractivity contribution in [1.82, 2.24) is 9.80 Å². The van der Waals surface area contributed by atoms with E-state index in [1.54, 1.807) is 0 Å². The number of rotatable bonds is 24. The second kappa shape index (κ2) is 26.4. The summed E-state index contributed by atoms with van der Waals surface area (Å²) < 4.78 is 37.0. The summed E-state index contributed by atoms with van der Waals surface area (Å²) in [5.74, 6) is 1.05. The molecule has 0 saturated carbocycles. The number of hydrogen-bond acceptors (Lipinski definition) is 8. The van der Waals surface area contributed by atoms with E-state index in [0.717, 1.165) is 13.1 Å². The van der Waals surface area contributed by atoms with Gasteiger partial charge in [0.05, 0.1) is 66.1 Å². The highest BCUT2D eigenvalue weighted by molar-refractivity contribution is 6.18. The topological polar surface area (TPSA) is 69.6 Å². The van der Waals surface area contributed by atoms with Gasteiger partial charge in [-0.05, 0) is 65.0 Å². The molecule has 2 aliphatic heterocycles. The Labute approximate surface area is 299 Å². The van der Waals surface area contributed by atoms with Crippen LogP contribution >= 0.6 is 23.2 Å². The van der Waals surface area contributed by atoms with E-state index in [2.05, 4.69) is 82.1 Å². The molecule has 0 unspecified atom stereocenters. The molecule has 2 atom stereocenters. The quantitative estimate of drug-likeness (QED) is 0.0917. The van der Waals surface area contributed by atoms with E-state index in [4.69, 9.17) is 51.6 Å². The van der Waals surface area contributed by atoms with Crippen molar-refractivity contribution in [3.05, 3.63) is 60.2 Å². The van der Waals surface area contributed by atoms with Crippen LogP contribution in [0.2, 0.25) is 0 Å². The van der Waals surface area contributed by atoms with Gasteiger partial charge in [0, 0.05) is 47.1 Å². The molecule has 0 radical (unpaired) electrons. The molecular formula is C36H60Cl2N4O6+2.